The maximum Gasteiger partial charge on any atom is 0.313 e. The van der Waals surface area contributed by atoms with Crippen LogP contribution in [0, 0.1) is 17.3 Å². The Balaban J connectivity index is 0.000000375. The molecule has 1 aromatic rings. The van der Waals surface area contributed by atoms with E-state index in [4.69, 9.17) is 14.2 Å². The largest absolute Gasteiger partial charge is 0.456 e. The van der Waals surface area contributed by atoms with Gasteiger partial charge in [0, 0.05) is 12.8 Å². The van der Waals surface area contributed by atoms with E-state index in [2.05, 4.69) is 44.2 Å². The molecule has 1 saturated heterocycles. The predicted octanol–water partition coefficient (Wildman–Crippen LogP) is 5.73. The molecule has 0 N–H and O–H groups in total. The molecule has 5 atom stereocenters. The summed E-state index contributed by atoms with van der Waals surface area (Å²) in [7, 11) is 0. The van der Waals surface area contributed by atoms with Gasteiger partial charge in [-0.05, 0) is 44.1 Å². The van der Waals surface area contributed by atoms with Crippen LogP contribution in [0.2, 0.25) is 0 Å². The summed E-state index contributed by atoms with van der Waals surface area (Å²) < 4.78 is 16.3. The minimum atomic E-state index is -0.816. The molecule has 1 aromatic carbocycles. The van der Waals surface area contributed by atoms with Gasteiger partial charge < -0.3 is 14.2 Å². The van der Waals surface area contributed by atoms with Crippen molar-refractivity contribution in [2.75, 3.05) is 6.61 Å². The van der Waals surface area contributed by atoms with E-state index in [-0.39, 0.29) is 17.8 Å². The van der Waals surface area contributed by atoms with E-state index < -0.39 is 23.8 Å². The fourth-order valence-electron chi connectivity index (χ4n) is 2.95. The molecule has 0 radical (unpaired) electrons. The molecule has 0 amide bonds. The van der Waals surface area contributed by atoms with Gasteiger partial charge in [-0.15, -0.1) is 0 Å². The van der Waals surface area contributed by atoms with Gasteiger partial charge in [0.05, 0.1) is 12.0 Å². The van der Waals surface area contributed by atoms with Crippen LogP contribution >= 0.6 is 0 Å². The van der Waals surface area contributed by atoms with Crippen LogP contribution in [0.1, 0.15) is 79.7 Å². The SMILES string of the molecule is CCC(C)(C)C(=O)OC1OCC(C)C(C)C1OC(C)=O.CCC(C)c1ccccc1. The van der Waals surface area contributed by atoms with Gasteiger partial charge in [0.1, 0.15) is 0 Å². The van der Waals surface area contributed by atoms with Crippen molar-refractivity contribution >= 4 is 11.9 Å². The van der Waals surface area contributed by atoms with Crippen molar-refractivity contribution in [3.05, 3.63) is 35.9 Å². The minimum absolute atomic E-state index is 0.0789. The molecule has 5 heteroatoms. The second kappa shape index (κ2) is 12.1. The van der Waals surface area contributed by atoms with Crippen LogP contribution in [0.3, 0.4) is 0 Å². The highest BCUT2D eigenvalue weighted by Gasteiger charge is 2.42. The minimum Gasteiger partial charge on any atom is -0.456 e. The van der Waals surface area contributed by atoms with Crippen molar-refractivity contribution in [1.82, 2.24) is 0 Å². The molecular weight excluding hydrogens is 380 g/mol. The number of carbonyl (C=O) groups is 2. The number of benzene rings is 1. The molecule has 1 aliphatic heterocycles. The van der Waals surface area contributed by atoms with E-state index in [9.17, 15) is 9.59 Å². The third-order valence-electron chi connectivity index (χ3n) is 6.15. The third kappa shape index (κ3) is 7.75. The van der Waals surface area contributed by atoms with Gasteiger partial charge in [-0.1, -0.05) is 65.0 Å². The van der Waals surface area contributed by atoms with Crippen molar-refractivity contribution in [2.45, 2.75) is 86.5 Å². The van der Waals surface area contributed by atoms with Crippen LogP contribution in [-0.4, -0.2) is 30.9 Å². The molecule has 1 fully saturated rings. The first-order valence-corrected chi connectivity index (χ1v) is 11.1. The highest BCUT2D eigenvalue weighted by molar-refractivity contribution is 5.76. The summed E-state index contributed by atoms with van der Waals surface area (Å²) in [5.74, 6) is 0.309. The Morgan fingerprint density at radius 1 is 1.13 bits per heavy atom. The number of esters is 2. The summed E-state index contributed by atoms with van der Waals surface area (Å²) in [6.45, 7) is 15.9. The quantitative estimate of drug-likeness (QED) is 0.550. The van der Waals surface area contributed by atoms with Crippen LogP contribution in [0.15, 0.2) is 30.3 Å². The molecule has 0 saturated carbocycles. The Morgan fingerprint density at radius 3 is 2.23 bits per heavy atom. The zero-order chi connectivity index (χ0) is 22.9. The summed E-state index contributed by atoms with van der Waals surface area (Å²) >= 11 is 0. The van der Waals surface area contributed by atoms with Crippen LogP contribution in [-0.2, 0) is 23.8 Å². The third-order valence-corrected chi connectivity index (χ3v) is 6.15. The van der Waals surface area contributed by atoms with Crippen LogP contribution in [0.25, 0.3) is 0 Å². The lowest BCUT2D eigenvalue weighted by Crippen LogP contribution is -2.49. The van der Waals surface area contributed by atoms with Crippen LogP contribution < -0.4 is 0 Å². The molecule has 0 spiro atoms. The Labute approximate surface area is 182 Å². The molecule has 170 valence electrons. The number of carbonyl (C=O) groups excluding carboxylic acids is 2. The van der Waals surface area contributed by atoms with E-state index >= 15 is 0 Å². The number of hydrogen-bond donors (Lipinski definition) is 0. The second-order valence-corrected chi connectivity index (χ2v) is 8.97. The molecule has 5 unspecified atom stereocenters. The van der Waals surface area contributed by atoms with E-state index in [1.54, 1.807) is 0 Å². The fraction of sp³-hybridized carbons (Fsp3) is 0.680. The molecule has 0 bridgehead atoms. The Morgan fingerprint density at radius 2 is 1.73 bits per heavy atom. The maximum absolute atomic E-state index is 12.1. The van der Waals surface area contributed by atoms with Gasteiger partial charge in [0.15, 0.2) is 6.10 Å². The van der Waals surface area contributed by atoms with E-state index in [0.717, 1.165) is 0 Å². The monoisotopic (exact) mass is 420 g/mol. The topological polar surface area (TPSA) is 61.8 Å². The molecule has 1 aliphatic rings. The lowest BCUT2D eigenvalue weighted by atomic mass is 9.88. The fourth-order valence-corrected chi connectivity index (χ4v) is 2.95. The summed E-state index contributed by atoms with van der Waals surface area (Å²) in [5, 5.41) is 0. The standard InChI is InChI=1S/C15H26O5.C10H14/c1-7-15(5,6)14(17)20-13-12(19-11(4)16)10(3)9(2)8-18-13;1-3-9(2)10-7-5-4-6-8-10/h9-10,12-13H,7-8H2,1-6H3;4-9H,3H2,1-2H3. The Kier molecular flexibility index (Phi) is 10.5. The molecule has 0 aromatic heterocycles. The van der Waals surface area contributed by atoms with Gasteiger partial charge in [0.2, 0.25) is 6.29 Å². The predicted molar refractivity (Wildman–Crippen MR) is 119 cm³/mol. The second-order valence-electron chi connectivity index (χ2n) is 8.97. The van der Waals surface area contributed by atoms with E-state index in [1.807, 2.05) is 34.6 Å². The van der Waals surface area contributed by atoms with Gasteiger partial charge >= 0.3 is 11.9 Å². The zero-order valence-electron chi connectivity index (χ0n) is 19.9. The van der Waals surface area contributed by atoms with Gasteiger partial charge in [-0.3, -0.25) is 9.59 Å². The molecule has 5 nitrogen and oxygen atoms in total. The first-order valence-electron chi connectivity index (χ1n) is 11.1. The van der Waals surface area contributed by atoms with Crippen molar-refractivity contribution in [3.8, 4) is 0 Å². The first-order chi connectivity index (χ1) is 14.0. The van der Waals surface area contributed by atoms with Crippen LogP contribution in [0.4, 0.5) is 0 Å². The number of hydrogen-bond acceptors (Lipinski definition) is 5. The number of rotatable bonds is 6. The first kappa shape index (κ1) is 26.2. The van der Waals surface area contributed by atoms with Gasteiger partial charge in [0.25, 0.3) is 0 Å². The van der Waals surface area contributed by atoms with E-state index in [1.165, 1.54) is 18.9 Å². The molecular formula is C25H40O5. The Bertz CT molecular complexity index is 655. The van der Waals surface area contributed by atoms with Crippen molar-refractivity contribution in [3.63, 3.8) is 0 Å². The summed E-state index contributed by atoms with van der Waals surface area (Å²) in [4.78, 5) is 23.4. The summed E-state index contributed by atoms with van der Waals surface area (Å²) in [5.41, 5.74) is 0.876. The summed E-state index contributed by atoms with van der Waals surface area (Å²) in [6, 6.07) is 10.6. The smallest absolute Gasteiger partial charge is 0.313 e. The number of ether oxygens (including phenoxy) is 3. The van der Waals surface area contributed by atoms with E-state index in [0.29, 0.717) is 18.9 Å². The highest BCUT2D eigenvalue weighted by Crippen LogP contribution is 2.31. The maximum atomic E-state index is 12.1. The lowest BCUT2D eigenvalue weighted by molar-refractivity contribution is -0.249. The molecule has 2 rings (SSSR count). The molecule has 30 heavy (non-hydrogen) atoms. The highest BCUT2D eigenvalue weighted by atomic mass is 16.7. The summed E-state index contributed by atoms with van der Waals surface area (Å²) in [6.07, 6.45) is 0.531. The lowest BCUT2D eigenvalue weighted by Gasteiger charge is -2.39. The van der Waals surface area contributed by atoms with Crippen molar-refractivity contribution in [2.24, 2.45) is 17.3 Å². The van der Waals surface area contributed by atoms with Crippen LogP contribution in [0.5, 0.6) is 0 Å². The zero-order valence-corrected chi connectivity index (χ0v) is 19.9. The average molecular weight is 421 g/mol. The van der Waals surface area contributed by atoms with Gasteiger partial charge in [-0.25, -0.2) is 0 Å². The Hall–Kier alpha value is -1.88. The van der Waals surface area contributed by atoms with Gasteiger partial charge in [-0.2, -0.15) is 0 Å². The average Bonchev–Trinajstić information content (AvgIpc) is 2.73. The molecule has 0 aliphatic carbocycles. The van der Waals surface area contributed by atoms with Crippen molar-refractivity contribution < 1.29 is 23.8 Å². The van der Waals surface area contributed by atoms with Crippen molar-refractivity contribution in [1.29, 1.82) is 0 Å². The normalized spacial score (nSPS) is 24.8. The molecule has 1 heterocycles.